The molecule has 0 radical (unpaired) electrons. The van der Waals surface area contributed by atoms with Gasteiger partial charge in [0.2, 0.25) is 0 Å². The molecule has 0 saturated carbocycles. The first-order valence-corrected chi connectivity index (χ1v) is 10.1. The van der Waals surface area contributed by atoms with Crippen molar-refractivity contribution in [3.05, 3.63) is 12.2 Å². The van der Waals surface area contributed by atoms with Gasteiger partial charge in [-0.15, -0.1) is 0 Å². The van der Waals surface area contributed by atoms with Crippen LogP contribution in [0.25, 0.3) is 0 Å². The minimum absolute atomic E-state index is 0.216. The zero-order valence-electron chi connectivity index (χ0n) is 15.8. The fourth-order valence-electron chi connectivity index (χ4n) is 3.04. The van der Waals surface area contributed by atoms with Gasteiger partial charge in [0.05, 0.1) is 13.2 Å². The summed E-state index contributed by atoms with van der Waals surface area (Å²) in [5.41, 5.74) is 0. The number of allylic oxidation sites excluding steroid dienone is 2. The molecule has 25 heavy (non-hydrogen) atoms. The van der Waals surface area contributed by atoms with E-state index in [0.717, 1.165) is 12.8 Å². The highest BCUT2D eigenvalue weighted by molar-refractivity contribution is 4.87. The van der Waals surface area contributed by atoms with Crippen LogP contribution in [0.1, 0.15) is 71.1 Å². The second-order valence-corrected chi connectivity index (χ2v) is 6.97. The van der Waals surface area contributed by atoms with Gasteiger partial charge in [0.25, 0.3) is 0 Å². The quantitative estimate of drug-likeness (QED) is 0.329. The molecule has 0 amide bonds. The van der Waals surface area contributed by atoms with E-state index in [1.165, 1.54) is 51.4 Å². The maximum atomic E-state index is 9.96. The van der Waals surface area contributed by atoms with Crippen molar-refractivity contribution in [3.8, 4) is 0 Å². The van der Waals surface area contributed by atoms with E-state index in [2.05, 4.69) is 19.1 Å². The van der Waals surface area contributed by atoms with Gasteiger partial charge in [0, 0.05) is 6.61 Å². The molecule has 1 aliphatic heterocycles. The third kappa shape index (κ3) is 9.71. The monoisotopic (exact) mass is 358 g/mol. The highest BCUT2D eigenvalue weighted by Gasteiger charge is 2.38. The minimum Gasteiger partial charge on any atom is -0.394 e. The Bertz CT molecular complexity index is 334. The summed E-state index contributed by atoms with van der Waals surface area (Å²) in [7, 11) is 0. The first-order chi connectivity index (χ1) is 12.2. The lowest BCUT2D eigenvalue weighted by Crippen LogP contribution is -2.55. The molecule has 0 spiro atoms. The molecular formula is C20H38O5. The Morgan fingerprint density at radius 1 is 0.920 bits per heavy atom. The van der Waals surface area contributed by atoms with Crippen LogP contribution in [0.3, 0.4) is 0 Å². The van der Waals surface area contributed by atoms with E-state index in [9.17, 15) is 10.2 Å². The molecule has 1 aliphatic rings. The van der Waals surface area contributed by atoms with Gasteiger partial charge in [-0.2, -0.15) is 0 Å². The minimum atomic E-state index is -1.08. The fraction of sp³-hybridized carbons (Fsp3) is 0.900. The molecule has 3 N–H and O–H groups in total. The van der Waals surface area contributed by atoms with Gasteiger partial charge in [-0.1, -0.05) is 51.2 Å². The van der Waals surface area contributed by atoms with Crippen LogP contribution in [0.4, 0.5) is 0 Å². The number of unbranched alkanes of at least 4 members (excludes halogenated alkanes) is 8. The zero-order chi connectivity index (χ0) is 18.3. The van der Waals surface area contributed by atoms with E-state index in [4.69, 9.17) is 14.6 Å². The van der Waals surface area contributed by atoms with Crippen molar-refractivity contribution in [2.75, 3.05) is 19.8 Å². The summed E-state index contributed by atoms with van der Waals surface area (Å²) in [6, 6.07) is 0. The van der Waals surface area contributed by atoms with Gasteiger partial charge in [-0.3, -0.25) is 0 Å². The van der Waals surface area contributed by atoms with Crippen LogP contribution in [0.5, 0.6) is 0 Å². The van der Waals surface area contributed by atoms with Gasteiger partial charge in [0.15, 0.2) is 0 Å². The smallest absolute Gasteiger partial charge is 0.111 e. The van der Waals surface area contributed by atoms with Gasteiger partial charge in [-0.05, 0) is 32.1 Å². The molecule has 0 aromatic carbocycles. The number of hydrogen-bond acceptors (Lipinski definition) is 5. The van der Waals surface area contributed by atoms with E-state index in [0.29, 0.717) is 6.61 Å². The van der Waals surface area contributed by atoms with Crippen LogP contribution in [-0.4, -0.2) is 59.6 Å². The predicted octanol–water partition coefficient (Wildman–Crippen LogP) is 2.96. The summed E-state index contributed by atoms with van der Waals surface area (Å²) in [5.74, 6) is 0. The van der Waals surface area contributed by atoms with Gasteiger partial charge < -0.3 is 24.8 Å². The normalized spacial score (nSPS) is 27.2. The largest absolute Gasteiger partial charge is 0.394 e. The van der Waals surface area contributed by atoms with E-state index in [1.54, 1.807) is 0 Å². The van der Waals surface area contributed by atoms with Crippen molar-refractivity contribution in [2.45, 2.75) is 95.5 Å². The van der Waals surface area contributed by atoms with Crippen molar-refractivity contribution < 1.29 is 24.8 Å². The van der Waals surface area contributed by atoms with Crippen LogP contribution < -0.4 is 0 Å². The molecule has 1 fully saturated rings. The number of aliphatic hydroxyl groups is 3. The Hall–Kier alpha value is -0.460. The summed E-state index contributed by atoms with van der Waals surface area (Å²) in [5, 5.41) is 28.8. The van der Waals surface area contributed by atoms with Crippen LogP contribution in [0, 0.1) is 0 Å². The average Bonchev–Trinajstić information content (AvgIpc) is 2.62. The third-order valence-electron chi connectivity index (χ3n) is 4.75. The molecule has 5 heteroatoms. The second kappa shape index (κ2) is 14.7. The maximum Gasteiger partial charge on any atom is 0.111 e. The Kier molecular flexibility index (Phi) is 13.3. The Morgan fingerprint density at radius 3 is 2.24 bits per heavy atom. The molecule has 5 nitrogen and oxygen atoms in total. The Labute approximate surface area is 153 Å². The zero-order valence-corrected chi connectivity index (χ0v) is 15.8. The number of rotatable bonds is 14. The molecule has 0 aromatic rings. The standard InChI is InChI=1S/C20H38O5/c1-2-3-4-5-6-7-8-9-10-11-12-13-14-24-18-16-25-17(15-21)19(22)20(18)23/h6-7,17-23H,2-5,8-16H2,1H3/b7-6+/t17-,18+,19-,20-/m0/s1. The molecule has 1 saturated heterocycles. The SMILES string of the molecule is CCCCC/C=C/CCCCCCCO[C@@H]1CO[C@@H](CO)[C@H](O)[C@H]1O. The van der Waals surface area contributed by atoms with Crippen molar-refractivity contribution in [1.29, 1.82) is 0 Å². The van der Waals surface area contributed by atoms with Gasteiger partial charge in [0.1, 0.15) is 24.4 Å². The average molecular weight is 359 g/mol. The van der Waals surface area contributed by atoms with Crippen molar-refractivity contribution in [1.82, 2.24) is 0 Å². The van der Waals surface area contributed by atoms with E-state index < -0.39 is 24.4 Å². The van der Waals surface area contributed by atoms with Crippen molar-refractivity contribution in [2.24, 2.45) is 0 Å². The van der Waals surface area contributed by atoms with Gasteiger partial charge in [-0.25, -0.2) is 0 Å². The summed E-state index contributed by atoms with van der Waals surface area (Å²) >= 11 is 0. The molecule has 1 heterocycles. The molecule has 0 aliphatic carbocycles. The Balaban J connectivity index is 1.92. The number of ether oxygens (including phenoxy) is 2. The summed E-state index contributed by atoms with van der Waals surface area (Å²) in [6.45, 7) is 2.72. The molecule has 148 valence electrons. The molecule has 0 unspecified atom stereocenters. The fourth-order valence-corrected chi connectivity index (χ4v) is 3.04. The lowest BCUT2D eigenvalue weighted by atomic mass is 10.0. The Morgan fingerprint density at radius 2 is 1.56 bits per heavy atom. The highest BCUT2D eigenvalue weighted by Crippen LogP contribution is 2.18. The van der Waals surface area contributed by atoms with Crippen LogP contribution in [-0.2, 0) is 9.47 Å². The highest BCUT2D eigenvalue weighted by atomic mass is 16.6. The molecule has 0 aromatic heterocycles. The molecule has 0 bridgehead atoms. The topological polar surface area (TPSA) is 79.2 Å². The first kappa shape index (κ1) is 22.6. The predicted molar refractivity (Wildman–Crippen MR) is 99.6 cm³/mol. The number of hydrogen-bond donors (Lipinski definition) is 3. The van der Waals surface area contributed by atoms with Crippen LogP contribution in [0.2, 0.25) is 0 Å². The van der Waals surface area contributed by atoms with E-state index >= 15 is 0 Å². The lowest BCUT2D eigenvalue weighted by Gasteiger charge is -2.36. The third-order valence-corrected chi connectivity index (χ3v) is 4.75. The molecule has 1 rings (SSSR count). The summed E-state index contributed by atoms with van der Waals surface area (Å²) < 4.78 is 10.9. The van der Waals surface area contributed by atoms with Gasteiger partial charge >= 0.3 is 0 Å². The van der Waals surface area contributed by atoms with Crippen molar-refractivity contribution in [3.63, 3.8) is 0 Å². The van der Waals surface area contributed by atoms with E-state index in [-0.39, 0.29) is 13.2 Å². The van der Waals surface area contributed by atoms with E-state index in [1.807, 2.05) is 0 Å². The summed E-state index contributed by atoms with van der Waals surface area (Å²) in [6.07, 6.45) is 13.4. The lowest BCUT2D eigenvalue weighted by molar-refractivity contribution is -0.208. The second-order valence-electron chi connectivity index (χ2n) is 6.97. The number of aliphatic hydroxyl groups excluding tert-OH is 3. The van der Waals surface area contributed by atoms with Crippen LogP contribution >= 0.6 is 0 Å². The van der Waals surface area contributed by atoms with Crippen molar-refractivity contribution >= 4 is 0 Å². The molecular weight excluding hydrogens is 320 g/mol. The first-order valence-electron chi connectivity index (χ1n) is 10.1. The van der Waals surface area contributed by atoms with Crippen LogP contribution in [0.15, 0.2) is 12.2 Å². The molecule has 4 atom stereocenters. The summed E-state index contributed by atoms with van der Waals surface area (Å²) in [4.78, 5) is 0. The maximum absolute atomic E-state index is 9.96.